The third-order valence-corrected chi connectivity index (χ3v) is 2.72. The molecule has 0 aliphatic carbocycles. The Bertz CT molecular complexity index is 572. The van der Waals surface area contributed by atoms with Gasteiger partial charge in [-0.2, -0.15) is 0 Å². The van der Waals surface area contributed by atoms with Crippen LogP contribution in [0.4, 0.5) is 5.82 Å². The minimum Gasteiger partial charge on any atom is -0.444 e. The third kappa shape index (κ3) is 3.31. The van der Waals surface area contributed by atoms with Crippen LogP contribution in [0.15, 0.2) is 16.8 Å². The fourth-order valence-corrected chi connectivity index (χ4v) is 1.58. The van der Waals surface area contributed by atoms with Gasteiger partial charge in [0.15, 0.2) is 0 Å². The minimum absolute atomic E-state index is 0.226. The van der Waals surface area contributed by atoms with E-state index < -0.39 is 0 Å². The number of hydrogen-bond donors (Lipinski definition) is 2. The average Bonchev–Trinajstić information content (AvgIpc) is 2.76. The molecule has 2 rings (SSSR count). The molecule has 106 valence electrons. The van der Waals surface area contributed by atoms with Gasteiger partial charge in [-0.3, -0.25) is 4.79 Å². The molecule has 0 radical (unpaired) electrons. The topological polar surface area (TPSA) is 92.9 Å². The molecule has 7 heteroatoms. The smallest absolute Gasteiger partial charge is 0.271 e. The van der Waals surface area contributed by atoms with Crippen molar-refractivity contribution < 1.29 is 9.21 Å². The number of nitrogens with zero attached hydrogens (tertiary/aromatic N) is 3. The predicted molar refractivity (Wildman–Crippen MR) is 73.3 cm³/mol. The molecule has 2 N–H and O–H groups in total. The molecule has 7 nitrogen and oxygen atoms in total. The van der Waals surface area contributed by atoms with Crippen LogP contribution < -0.4 is 10.6 Å². The Morgan fingerprint density at radius 2 is 2.10 bits per heavy atom. The zero-order valence-electron chi connectivity index (χ0n) is 11.7. The lowest BCUT2D eigenvalue weighted by Crippen LogP contribution is -2.24. The number of carbonyl (C=O) groups excluding carboxylic acids is 1. The van der Waals surface area contributed by atoms with E-state index in [1.54, 1.807) is 0 Å². The number of nitrogens with one attached hydrogen (secondary N) is 2. The maximum Gasteiger partial charge on any atom is 0.271 e. The molecule has 2 aromatic heterocycles. The summed E-state index contributed by atoms with van der Waals surface area (Å²) in [7, 11) is 0. The van der Waals surface area contributed by atoms with Crippen LogP contribution in [0.2, 0.25) is 0 Å². The molecule has 1 amide bonds. The van der Waals surface area contributed by atoms with Crippen LogP contribution in [0.1, 0.15) is 34.8 Å². The van der Waals surface area contributed by atoms with Gasteiger partial charge in [-0.1, -0.05) is 0 Å². The van der Waals surface area contributed by atoms with Crippen molar-refractivity contribution in [3.63, 3.8) is 0 Å². The molecular weight excluding hydrogens is 258 g/mol. The first kappa shape index (κ1) is 14.0. The first-order valence-electron chi connectivity index (χ1n) is 6.37. The maximum atomic E-state index is 11.9. The number of oxazole rings is 1. The molecule has 0 aromatic carbocycles. The number of anilines is 1. The third-order valence-electron chi connectivity index (χ3n) is 2.72. The van der Waals surface area contributed by atoms with E-state index in [1.165, 1.54) is 12.4 Å². The van der Waals surface area contributed by atoms with E-state index in [-0.39, 0.29) is 18.1 Å². The van der Waals surface area contributed by atoms with E-state index in [9.17, 15) is 4.79 Å². The van der Waals surface area contributed by atoms with Crippen molar-refractivity contribution in [2.24, 2.45) is 0 Å². The van der Waals surface area contributed by atoms with Gasteiger partial charge < -0.3 is 15.1 Å². The summed E-state index contributed by atoms with van der Waals surface area (Å²) >= 11 is 0. The highest BCUT2D eigenvalue weighted by Gasteiger charge is 2.10. The largest absolute Gasteiger partial charge is 0.444 e. The van der Waals surface area contributed by atoms with E-state index >= 15 is 0 Å². The molecule has 0 aliphatic rings. The molecule has 0 spiro atoms. The highest BCUT2D eigenvalue weighted by atomic mass is 16.4. The fraction of sp³-hybridized carbons (Fsp3) is 0.385. The Morgan fingerprint density at radius 1 is 1.30 bits per heavy atom. The van der Waals surface area contributed by atoms with E-state index in [4.69, 9.17) is 4.42 Å². The zero-order chi connectivity index (χ0) is 14.5. The Morgan fingerprint density at radius 3 is 2.65 bits per heavy atom. The van der Waals surface area contributed by atoms with E-state index in [1.807, 2.05) is 20.8 Å². The normalized spacial score (nSPS) is 10.3. The molecule has 0 atom stereocenters. The maximum absolute atomic E-state index is 11.9. The summed E-state index contributed by atoms with van der Waals surface area (Å²) in [4.78, 5) is 24.2. The van der Waals surface area contributed by atoms with Crippen molar-refractivity contribution in [2.75, 3.05) is 11.9 Å². The van der Waals surface area contributed by atoms with Crippen LogP contribution in [0.3, 0.4) is 0 Å². The molecule has 0 saturated carbocycles. The van der Waals surface area contributed by atoms with Crippen molar-refractivity contribution in [3.8, 4) is 0 Å². The first-order valence-corrected chi connectivity index (χ1v) is 6.37. The van der Waals surface area contributed by atoms with Gasteiger partial charge in [0.2, 0.25) is 5.89 Å². The average molecular weight is 275 g/mol. The number of hydrogen-bond acceptors (Lipinski definition) is 6. The second kappa shape index (κ2) is 6.14. The van der Waals surface area contributed by atoms with E-state index in [0.29, 0.717) is 11.7 Å². The number of amides is 1. The lowest BCUT2D eigenvalue weighted by Gasteiger charge is -2.04. The predicted octanol–water partition coefficient (Wildman–Crippen LogP) is 1.44. The van der Waals surface area contributed by atoms with Crippen molar-refractivity contribution in [1.29, 1.82) is 0 Å². The van der Waals surface area contributed by atoms with Crippen LogP contribution in [0.25, 0.3) is 0 Å². The highest BCUT2D eigenvalue weighted by molar-refractivity contribution is 5.91. The van der Waals surface area contributed by atoms with Crippen molar-refractivity contribution >= 4 is 11.7 Å². The van der Waals surface area contributed by atoms with Gasteiger partial charge in [-0.05, 0) is 20.8 Å². The molecule has 0 unspecified atom stereocenters. The molecule has 0 bridgehead atoms. The van der Waals surface area contributed by atoms with Crippen LogP contribution in [0, 0.1) is 13.8 Å². The van der Waals surface area contributed by atoms with Crippen molar-refractivity contribution in [2.45, 2.75) is 27.3 Å². The van der Waals surface area contributed by atoms with Crippen LogP contribution in [-0.4, -0.2) is 27.4 Å². The number of rotatable bonds is 5. The molecule has 0 saturated heterocycles. The molecule has 20 heavy (non-hydrogen) atoms. The number of carbonyl (C=O) groups is 1. The summed E-state index contributed by atoms with van der Waals surface area (Å²) in [5.74, 6) is 1.56. The lowest BCUT2D eigenvalue weighted by atomic mass is 10.4. The van der Waals surface area contributed by atoms with Crippen LogP contribution >= 0.6 is 0 Å². The summed E-state index contributed by atoms with van der Waals surface area (Å²) in [5.41, 5.74) is 1.08. The summed E-state index contributed by atoms with van der Waals surface area (Å²) < 4.78 is 5.38. The summed E-state index contributed by atoms with van der Waals surface area (Å²) in [6.45, 7) is 6.63. The molecule has 0 aliphatic heterocycles. The Balaban J connectivity index is 1.94. The van der Waals surface area contributed by atoms with Crippen LogP contribution in [0.5, 0.6) is 0 Å². The summed E-state index contributed by atoms with van der Waals surface area (Å²) in [5, 5.41) is 5.70. The Labute approximate surface area is 116 Å². The Hall–Kier alpha value is -2.44. The fourth-order valence-electron chi connectivity index (χ4n) is 1.58. The van der Waals surface area contributed by atoms with Gasteiger partial charge in [0.05, 0.1) is 24.6 Å². The van der Waals surface area contributed by atoms with Gasteiger partial charge in [0, 0.05) is 6.54 Å². The van der Waals surface area contributed by atoms with Gasteiger partial charge in [0.1, 0.15) is 17.3 Å². The van der Waals surface area contributed by atoms with Crippen LogP contribution in [-0.2, 0) is 6.54 Å². The van der Waals surface area contributed by atoms with Gasteiger partial charge in [0.25, 0.3) is 5.91 Å². The SMILES string of the molecule is CCNc1cnc(C(=O)NCc2nc(C)c(C)o2)cn1. The zero-order valence-corrected chi connectivity index (χ0v) is 11.7. The van der Waals surface area contributed by atoms with Gasteiger partial charge >= 0.3 is 0 Å². The van der Waals surface area contributed by atoms with E-state index in [0.717, 1.165) is 18.0 Å². The molecule has 2 heterocycles. The first-order chi connectivity index (χ1) is 9.60. The lowest BCUT2D eigenvalue weighted by molar-refractivity contribution is 0.0941. The summed E-state index contributed by atoms with van der Waals surface area (Å²) in [6, 6.07) is 0. The highest BCUT2D eigenvalue weighted by Crippen LogP contribution is 2.08. The van der Waals surface area contributed by atoms with Crippen molar-refractivity contribution in [3.05, 3.63) is 35.4 Å². The molecule has 2 aromatic rings. The summed E-state index contributed by atoms with van der Waals surface area (Å²) in [6.07, 6.45) is 2.96. The second-order valence-electron chi connectivity index (χ2n) is 4.25. The molecular formula is C13H17N5O2. The van der Waals surface area contributed by atoms with Crippen molar-refractivity contribution in [1.82, 2.24) is 20.3 Å². The monoisotopic (exact) mass is 275 g/mol. The van der Waals surface area contributed by atoms with E-state index in [2.05, 4.69) is 25.6 Å². The van der Waals surface area contributed by atoms with Gasteiger partial charge in [-0.25, -0.2) is 15.0 Å². The second-order valence-corrected chi connectivity index (χ2v) is 4.25. The minimum atomic E-state index is -0.311. The molecule has 0 fully saturated rings. The standard InChI is InChI=1S/C13H17N5O2/c1-4-14-11-6-15-10(5-16-11)13(19)17-7-12-18-8(2)9(3)20-12/h5-6H,4,7H2,1-3H3,(H,14,16)(H,17,19). The van der Waals surface area contributed by atoms with Gasteiger partial charge in [-0.15, -0.1) is 0 Å². The number of aryl methyl sites for hydroxylation is 2. The quantitative estimate of drug-likeness (QED) is 0.857. The number of aromatic nitrogens is 3. The Kier molecular flexibility index (Phi) is 4.29.